The molecule has 6 fully saturated rings. The summed E-state index contributed by atoms with van der Waals surface area (Å²) in [5.74, 6) is 2.33. The fourth-order valence-electron chi connectivity index (χ4n) is 13.8. The van der Waals surface area contributed by atoms with Crippen LogP contribution in [0.1, 0.15) is 120 Å². The van der Waals surface area contributed by atoms with E-state index in [1.54, 1.807) is 19.4 Å². The number of hydrogen-bond donors (Lipinski definition) is 6. The van der Waals surface area contributed by atoms with E-state index in [4.69, 9.17) is 18.9 Å². The average Bonchev–Trinajstić information content (AvgIpc) is 3.09. The summed E-state index contributed by atoms with van der Waals surface area (Å²) < 4.78 is 24.9. The van der Waals surface area contributed by atoms with E-state index in [1.165, 1.54) is 0 Å². The van der Waals surface area contributed by atoms with Gasteiger partial charge in [-0.2, -0.15) is 0 Å². The van der Waals surface area contributed by atoms with Crippen molar-refractivity contribution in [2.24, 2.45) is 56.7 Å². The second kappa shape index (κ2) is 13.5. The average molecular weight is 735 g/mol. The van der Waals surface area contributed by atoms with Gasteiger partial charge in [0.2, 0.25) is 0 Å². The molecular formula is C42H70O10. The number of aliphatic hydroxyl groups excluding tert-OH is 6. The summed E-state index contributed by atoms with van der Waals surface area (Å²) in [6.45, 7) is 21.1. The lowest BCUT2D eigenvalue weighted by Crippen LogP contribution is -2.66. The van der Waals surface area contributed by atoms with E-state index in [0.29, 0.717) is 36.2 Å². The lowest BCUT2D eigenvalue weighted by atomic mass is 9.33. The highest BCUT2D eigenvalue weighted by Crippen LogP contribution is 2.76. The Morgan fingerprint density at radius 2 is 1.29 bits per heavy atom. The molecule has 0 bridgehead atoms. The molecule has 2 saturated heterocycles. The standard InChI is InChI=1S/C42H70O10/c1-21-12-17-42(20-49-36-34(47)32(45)30(43)23(3)50-36)19-18-40(8)25(29(42)22(21)2)10-11-27-39(7)15-14-28(38(5,6)26(39)13-16-41(27,40)9)52-37-35(48)33(46)31(44)24(4)51-37/h10,21-24,26-37,43-48H,11-20H2,1-9H3/t21-,22+,23-,24-,26+,27-,28+,29+,30-,31-,32+,33+,34+,35+,36+,37-,39+,40-,41-,42-/m1/s1. The summed E-state index contributed by atoms with van der Waals surface area (Å²) in [6.07, 6.45) is 1.24. The molecule has 0 aromatic rings. The van der Waals surface area contributed by atoms with E-state index < -0.39 is 61.4 Å². The second-order valence-electron chi connectivity index (χ2n) is 20.2. The van der Waals surface area contributed by atoms with Crippen LogP contribution in [-0.2, 0) is 18.9 Å². The monoisotopic (exact) mass is 734 g/mol. The Morgan fingerprint density at radius 1 is 0.673 bits per heavy atom. The van der Waals surface area contributed by atoms with Crippen molar-refractivity contribution in [2.75, 3.05) is 6.61 Å². The fourth-order valence-corrected chi connectivity index (χ4v) is 13.8. The first-order chi connectivity index (χ1) is 24.2. The van der Waals surface area contributed by atoms with Gasteiger partial charge in [-0.05, 0) is 123 Å². The maximum atomic E-state index is 10.8. The zero-order valence-corrected chi connectivity index (χ0v) is 33.2. The Morgan fingerprint density at radius 3 is 1.94 bits per heavy atom. The van der Waals surface area contributed by atoms with Gasteiger partial charge >= 0.3 is 0 Å². The smallest absolute Gasteiger partial charge is 0.186 e. The Labute approximate surface area is 311 Å². The molecule has 6 N–H and O–H groups in total. The summed E-state index contributed by atoms with van der Waals surface area (Å²) in [5, 5.41) is 63.2. The van der Waals surface area contributed by atoms with Crippen LogP contribution in [0.2, 0.25) is 0 Å². The molecule has 20 atom stereocenters. The molecule has 2 aliphatic heterocycles. The molecule has 4 saturated carbocycles. The zero-order chi connectivity index (χ0) is 37.9. The van der Waals surface area contributed by atoms with Gasteiger partial charge in [-0.3, -0.25) is 0 Å². The molecular weight excluding hydrogens is 664 g/mol. The predicted molar refractivity (Wildman–Crippen MR) is 195 cm³/mol. The molecule has 0 radical (unpaired) electrons. The first-order valence-corrected chi connectivity index (χ1v) is 20.6. The molecule has 0 unspecified atom stereocenters. The molecule has 7 rings (SSSR count). The van der Waals surface area contributed by atoms with Crippen molar-refractivity contribution in [3.63, 3.8) is 0 Å². The van der Waals surface area contributed by atoms with Crippen LogP contribution in [-0.4, -0.2) is 105 Å². The van der Waals surface area contributed by atoms with Crippen LogP contribution in [0.5, 0.6) is 0 Å². The first-order valence-electron chi connectivity index (χ1n) is 20.6. The van der Waals surface area contributed by atoms with Gasteiger partial charge in [0.15, 0.2) is 12.6 Å². The lowest BCUT2D eigenvalue weighted by molar-refractivity contribution is -0.324. The Bertz CT molecular complexity index is 1360. The normalized spacial score (nSPS) is 57.5. The van der Waals surface area contributed by atoms with E-state index in [-0.39, 0.29) is 33.2 Å². The van der Waals surface area contributed by atoms with Gasteiger partial charge in [0, 0.05) is 5.41 Å². The van der Waals surface area contributed by atoms with Gasteiger partial charge in [-0.25, -0.2) is 0 Å². The minimum absolute atomic E-state index is 0.0315. The largest absolute Gasteiger partial charge is 0.388 e. The highest BCUT2D eigenvalue weighted by atomic mass is 16.7. The maximum absolute atomic E-state index is 10.8. The van der Waals surface area contributed by atoms with Crippen LogP contribution in [0.15, 0.2) is 11.6 Å². The molecule has 7 aliphatic rings. The maximum Gasteiger partial charge on any atom is 0.186 e. The molecule has 10 heteroatoms. The van der Waals surface area contributed by atoms with E-state index in [0.717, 1.165) is 57.8 Å². The number of rotatable bonds is 5. The highest BCUT2D eigenvalue weighted by molar-refractivity contribution is 5.34. The first kappa shape index (κ1) is 39.6. The quantitative estimate of drug-likeness (QED) is 0.173. The van der Waals surface area contributed by atoms with E-state index in [1.807, 2.05) is 0 Å². The van der Waals surface area contributed by atoms with Gasteiger partial charge in [0.05, 0.1) is 24.9 Å². The minimum Gasteiger partial charge on any atom is -0.388 e. The van der Waals surface area contributed by atoms with Crippen molar-refractivity contribution in [3.8, 4) is 0 Å². The van der Waals surface area contributed by atoms with Crippen LogP contribution in [0, 0.1) is 56.7 Å². The topological polar surface area (TPSA) is 158 Å². The summed E-state index contributed by atoms with van der Waals surface area (Å²) in [4.78, 5) is 0. The van der Waals surface area contributed by atoms with Crippen molar-refractivity contribution < 1.29 is 49.6 Å². The van der Waals surface area contributed by atoms with Crippen LogP contribution < -0.4 is 0 Å². The Hall–Kier alpha value is -0.660. The Balaban J connectivity index is 1.15. The summed E-state index contributed by atoms with van der Waals surface area (Å²) in [6, 6.07) is 0. The highest BCUT2D eigenvalue weighted by Gasteiger charge is 2.69. The molecule has 0 spiro atoms. The van der Waals surface area contributed by atoms with Crippen molar-refractivity contribution in [3.05, 3.63) is 11.6 Å². The third kappa shape index (κ3) is 5.69. The molecule has 0 amide bonds. The third-order valence-corrected chi connectivity index (χ3v) is 17.5. The van der Waals surface area contributed by atoms with Crippen molar-refractivity contribution in [1.29, 1.82) is 0 Å². The van der Waals surface area contributed by atoms with E-state index >= 15 is 0 Å². The Kier molecular flexibility index (Phi) is 10.3. The van der Waals surface area contributed by atoms with E-state index in [2.05, 4.69) is 54.5 Å². The van der Waals surface area contributed by atoms with Crippen LogP contribution in [0.25, 0.3) is 0 Å². The summed E-state index contributed by atoms with van der Waals surface area (Å²) >= 11 is 0. The predicted octanol–water partition coefficient (Wildman–Crippen LogP) is 4.70. The molecule has 0 aromatic heterocycles. The molecule has 2 heterocycles. The van der Waals surface area contributed by atoms with Gasteiger partial charge in [-0.1, -0.05) is 60.1 Å². The lowest BCUT2D eigenvalue weighted by Gasteiger charge is -2.72. The van der Waals surface area contributed by atoms with Gasteiger partial charge < -0.3 is 49.6 Å². The van der Waals surface area contributed by atoms with Crippen molar-refractivity contribution in [1.82, 2.24) is 0 Å². The number of aliphatic hydroxyl groups is 6. The molecule has 0 aromatic carbocycles. The van der Waals surface area contributed by atoms with Gasteiger partial charge in [0.1, 0.15) is 36.6 Å². The minimum atomic E-state index is -1.31. The third-order valence-electron chi connectivity index (χ3n) is 17.5. The van der Waals surface area contributed by atoms with Crippen LogP contribution >= 0.6 is 0 Å². The van der Waals surface area contributed by atoms with E-state index in [9.17, 15) is 30.6 Å². The molecule has 10 nitrogen and oxygen atoms in total. The van der Waals surface area contributed by atoms with Crippen LogP contribution in [0.3, 0.4) is 0 Å². The summed E-state index contributed by atoms with van der Waals surface area (Å²) in [5.41, 5.74) is 1.58. The number of allylic oxidation sites excluding steroid dienone is 2. The number of hydrogen-bond acceptors (Lipinski definition) is 10. The molecule has 5 aliphatic carbocycles. The fraction of sp³-hybridized carbons (Fsp3) is 0.952. The molecule has 298 valence electrons. The number of ether oxygens (including phenoxy) is 4. The van der Waals surface area contributed by atoms with Gasteiger partial charge in [0.25, 0.3) is 0 Å². The SMILES string of the molecule is C[C@H]1[C@H](C)CC[C@]2(CO[C@H]3O[C@H](C)[C@@H](O)[C@H](O)[C@@H]3O)CC[C@]3(C)C(=CC[C@@H]4[C@@]5(C)CC[C@H](O[C@H]6O[C@H](C)[C@@H](O)[C@H](O)[C@@H]6O)C(C)(C)[C@@H]5CC[C@]43C)[C@H]12. The second-order valence-corrected chi connectivity index (χ2v) is 20.2. The van der Waals surface area contributed by atoms with Gasteiger partial charge in [-0.15, -0.1) is 0 Å². The van der Waals surface area contributed by atoms with Crippen molar-refractivity contribution >= 4 is 0 Å². The number of fused-ring (bicyclic) bond motifs is 7. The zero-order valence-electron chi connectivity index (χ0n) is 33.2. The van der Waals surface area contributed by atoms with Crippen molar-refractivity contribution in [2.45, 2.75) is 188 Å². The molecule has 52 heavy (non-hydrogen) atoms. The van der Waals surface area contributed by atoms with Crippen LogP contribution in [0.4, 0.5) is 0 Å². The summed E-state index contributed by atoms with van der Waals surface area (Å²) in [7, 11) is 0.